The summed E-state index contributed by atoms with van der Waals surface area (Å²) in [6.45, 7) is 13.4. The zero-order chi connectivity index (χ0) is 18.1. The number of nitrogens with zero attached hydrogens (tertiary/aromatic N) is 1. The molecule has 2 rings (SSSR count). The molecule has 1 fully saturated rings. The van der Waals surface area contributed by atoms with Crippen molar-refractivity contribution in [2.75, 3.05) is 6.54 Å². The second kappa shape index (κ2) is 7.27. The van der Waals surface area contributed by atoms with Gasteiger partial charge in [-0.1, -0.05) is 45.0 Å². The van der Waals surface area contributed by atoms with E-state index in [1.54, 1.807) is 16.8 Å². The zero-order valence-corrected chi connectivity index (χ0v) is 17.1. The molecule has 1 aliphatic rings. The van der Waals surface area contributed by atoms with Crippen molar-refractivity contribution in [1.82, 2.24) is 10.4 Å². The van der Waals surface area contributed by atoms with Crippen LogP contribution in [-0.2, 0) is 16.0 Å². The lowest BCUT2D eigenvalue weighted by Gasteiger charge is -2.42. The Morgan fingerprint density at radius 1 is 1.17 bits per heavy atom. The summed E-state index contributed by atoms with van der Waals surface area (Å²) in [6, 6.07) is 8.74. The highest BCUT2D eigenvalue weighted by Gasteiger charge is 2.39. The molecule has 2 unspecified atom stereocenters. The molecule has 3 nitrogen and oxygen atoms in total. The quantitative estimate of drug-likeness (QED) is 0.805. The van der Waals surface area contributed by atoms with Gasteiger partial charge in [0.1, 0.15) is 5.38 Å². The first kappa shape index (κ1) is 19.6. The van der Waals surface area contributed by atoms with Crippen molar-refractivity contribution in [2.45, 2.75) is 68.9 Å². The van der Waals surface area contributed by atoms with Crippen LogP contribution in [0.3, 0.4) is 0 Å². The van der Waals surface area contributed by atoms with E-state index in [4.69, 9.17) is 11.6 Å². The number of carbonyl (C=O) groups excluding carboxylic acids is 1. The van der Waals surface area contributed by atoms with Crippen molar-refractivity contribution < 1.29 is 4.79 Å². The molecule has 1 aromatic carbocycles. The number of benzene rings is 1. The maximum atomic E-state index is 12.5. The number of carbonyl (C=O) groups is 1. The predicted octanol–water partition coefficient (Wildman–Crippen LogP) is 4.34. The predicted molar refractivity (Wildman–Crippen MR) is 104 cm³/mol. The molecule has 1 aliphatic heterocycles. The molecule has 1 aromatic rings. The monoisotopic (exact) mass is 368 g/mol. The molecular weight excluding hydrogens is 340 g/mol. The van der Waals surface area contributed by atoms with Gasteiger partial charge in [-0.2, -0.15) is 11.8 Å². The van der Waals surface area contributed by atoms with Gasteiger partial charge in [0.15, 0.2) is 0 Å². The Labute approximate surface area is 155 Å². The molecule has 5 heteroatoms. The van der Waals surface area contributed by atoms with Gasteiger partial charge in [-0.3, -0.25) is 9.80 Å². The van der Waals surface area contributed by atoms with Crippen LogP contribution in [0.1, 0.15) is 52.7 Å². The molecule has 0 aliphatic carbocycles. The maximum Gasteiger partial charge on any atom is 0.256 e. The fourth-order valence-corrected chi connectivity index (χ4v) is 4.14. The van der Waals surface area contributed by atoms with Gasteiger partial charge < -0.3 is 0 Å². The summed E-state index contributed by atoms with van der Waals surface area (Å²) in [4.78, 5) is 12.5. The highest BCUT2D eigenvalue weighted by Crippen LogP contribution is 2.30. The average molecular weight is 369 g/mol. The van der Waals surface area contributed by atoms with Gasteiger partial charge in [-0.25, -0.2) is 5.43 Å². The van der Waals surface area contributed by atoms with Gasteiger partial charge in [0, 0.05) is 17.5 Å². The average Bonchev–Trinajstić information content (AvgIpc) is 2.47. The minimum Gasteiger partial charge on any atom is -0.272 e. The summed E-state index contributed by atoms with van der Waals surface area (Å²) in [5.41, 5.74) is 5.74. The third kappa shape index (κ3) is 4.68. The number of nitrogens with one attached hydrogen (secondary N) is 1. The number of halogens is 1. The second-order valence-electron chi connectivity index (χ2n) is 8.40. The topological polar surface area (TPSA) is 32.3 Å². The molecule has 1 heterocycles. The zero-order valence-electron chi connectivity index (χ0n) is 15.5. The first-order valence-electron chi connectivity index (χ1n) is 8.43. The Morgan fingerprint density at radius 2 is 1.75 bits per heavy atom. The van der Waals surface area contributed by atoms with E-state index in [-0.39, 0.29) is 22.1 Å². The normalized spacial score (nSPS) is 22.8. The lowest BCUT2D eigenvalue weighted by Crippen LogP contribution is -2.63. The largest absolute Gasteiger partial charge is 0.272 e. The number of alkyl halides is 1. The highest BCUT2D eigenvalue weighted by atomic mass is 35.5. The smallest absolute Gasteiger partial charge is 0.256 e. The van der Waals surface area contributed by atoms with Crippen LogP contribution in [0.5, 0.6) is 0 Å². The van der Waals surface area contributed by atoms with Gasteiger partial charge in [0.25, 0.3) is 5.91 Å². The molecule has 24 heavy (non-hydrogen) atoms. The van der Waals surface area contributed by atoms with Crippen LogP contribution in [0.15, 0.2) is 24.3 Å². The van der Waals surface area contributed by atoms with E-state index >= 15 is 0 Å². The Hall–Kier alpha value is -0.710. The SMILES string of the molecule is CC(C)(C)c1ccc(CSC2CNN(C(C)(C)C)C(=O)C2Cl)cc1. The third-order valence-corrected chi connectivity index (χ3v) is 6.20. The summed E-state index contributed by atoms with van der Waals surface area (Å²) in [5, 5.41) is 1.27. The lowest BCUT2D eigenvalue weighted by atomic mass is 9.87. The first-order valence-corrected chi connectivity index (χ1v) is 9.91. The molecule has 1 N–H and O–H groups in total. The Morgan fingerprint density at radius 3 is 2.25 bits per heavy atom. The number of hydrogen-bond donors (Lipinski definition) is 1. The summed E-state index contributed by atoms with van der Waals surface area (Å²) in [6.07, 6.45) is 0. The highest BCUT2D eigenvalue weighted by molar-refractivity contribution is 7.99. The third-order valence-electron chi connectivity index (χ3n) is 4.19. The van der Waals surface area contributed by atoms with E-state index in [1.165, 1.54) is 11.1 Å². The van der Waals surface area contributed by atoms with Crippen molar-refractivity contribution in [3.63, 3.8) is 0 Å². The van der Waals surface area contributed by atoms with E-state index in [9.17, 15) is 4.79 Å². The standard InChI is InChI=1S/C19H29ClN2OS/c1-18(2,3)14-9-7-13(8-10-14)12-24-15-11-21-22(19(4,5)6)17(23)16(15)20/h7-10,15-16,21H,11-12H2,1-6H3. The molecule has 0 spiro atoms. The molecule has 0 radical (unpaired) electrons. The van der Waals surface area contributed by atoms with Crippen molar-refractivity contribution in [3.8, 4) is 0 Å². The molecule has 1 amide bonds. The molecule has 0 aromatic heterocycles. The molecule has 1 saturated heterocycles. The fourth-order valence-electron chi connectivity index (χ4n) is 2.66. The number of hydrazine groups is 1. The van der Waals surface area contributed by atoms with Crippen molar-refractivity contribution in [3.05, 3.63) is 35.4 Å². The molecular formula is C19H29ClN2OS. The van der Waals surface area contributed by atoms with Crippen LogP contribution in [-0.4, -0.2) is 33.6 Å². The van der Waals surface area contributed by atoms with Crippen LogP contribution in [0, 0.1) is 0 Å². The van der Waals surface area contributed by atoms with E-state index in [0.717, 1.165) is 5.75 Å². The van der Waals surface area contributed by atoms with Gasteiger partial charge in [0.2, 0.25) is 0 Å². The van der Waals surface area contributed by atoms with Crippen molar-refractivity contribution >= 4 is 29.3 Å². The van der Waals surface area contributed by atoms with Gasteiger partial charge in [0.05, 0.1) is 5.54 Å². The van der Waals surface area contributed by atoms with Crippen LogP contribution in [0.2, 0.25) is 0 Å². The summed E-state index contributed by atoms with van der Waals surface area (Å²) >= 11 is 8.18. The number of rotatable bonds is 3. The van der Waals surface area contributed by atoms with Gasteiger partial charge in [-0.15, -0.1) is 11.6 Å². The second-order valence-corrected chi connectivity index (χ2v) is 10.1. The van der Waals surface area contributed by atoms with Crippen molar-refractivity contribution in [1.29, 1.82) is 0 Å². The number of amides is 1. The number of thioether (sulfide) groups is 1. The van der Waals surface area contributed by atoms with E-state index in [2.05, 4.69) is 50.5 Å². The van der Waals surface area contributed by atoms with E-state index < -0.39 is 5.38 Å². The van der Waals surface area contributed by atoms with E-state index in [1.807, 2.05) is 20.8 Å². The van der Waals surface area contributed by atoms with Crippen LogP contribution < -0.4 is 5.43 Å². The Kier molecular flexibility index (Phi) is 5.94. The van der Waals surface area contributed by atoms with Gasteiger partial charge >= 0.3 is 0 Å². The first-order chi connectivity index (χ1) is 11.0. The minimum absolute atomic E-state index is 0.0315. The van der Waals surface area contributed by atoms with Crippen LogP contribution in [0.25, 0.3) is 0 Å². The summed E-state index contributed by atoms with van der Waals surface area (Å²) in [7, 11) is 0. The maximum absolute atomic E-state index is 12.5. The van der Waals surface area contributed by atoms with E-state index in [0.29, 0.717) is 6.54 Å². The summed E-state index contributed by atoms with van der Waals surface area (Å²) in [5.74, 6) is 0.832. The lowest BCUT2D eigenvalue weighted by molar-refractivity contribution is -0.142. The van der Waals surface area contributed by atoms with Crippen molar-refractivity contribution in [2.24, 2.45) is 0 Å². The molecule has 0 saturated carbocycles. The molecule has 2 atom stereocenters. The molecule has 134 valence electrons. The number of hydrogen-bond acceptors (Lipinski definition) is 3. The van der Waals surface area contributed by atoms with Crippen LogP contribution in [0.4, 0.5) is 0 Å². The van der Waals surface area contributed by atoms with Gasteiger partial charge in [-0.05, 0) is 37.3 Å². The van der Waals surface area contributed by atoms with Crippen LogP contribution >= 0.6 is 23.4 Å². The summed E-state index contributed by atoms with van der Waals surface area (Å²) < 4.78 is 0. The Bertz CT molecular complexity index is 575. The Balaban J connectivity index is 1.95. The minimum atomic E-state index is -0.482. The molecule has 0 bridgehead atoms. The fraction of sp³-hybridized carbons (Fsp3) is 0.632.